The summed E-state index contributed by atoms with van der Waals surface area (Å²) < 4.78 is 0. The molecule has 0 bridgehead atoms. The molecule has 0 atom stereocenters. The topological polar surface area (TPSA) is 61.6 Å². The first-order valence-electron chi connectivity index (χ1n) is 8.33. The summed E-state index contributed by atoms with van der Waals surface area (Å²) >= 11 is 0. The highest BCUT2D eigenvalue weighted by molar-refractivity contribution is 5.63. The molecule has 0 spiro atoms. The minimum Gasteiger partial charge on any atom is -0.319 e. The average molecular weight is 338 g/mol. The highest BCUT2D eigenvalue weighted by atomic mass is 16.6. The number of nitro groups is 1. The maximum Gasteiger partial charge on any atom is 0.270 e. The van der Waals surface area contributed by atoms with Gasteiger partial charge >= 0.3 is 0 Å². The Kier molecular flexibility index (Phi) is 5.42. The third-order valence-corrected chi connectivity index (χ3v) is 4.32. The molecule has 0 unspecified atom stereocenters. The molecule has 0 aliphatic carbocycles. The molecule has 1 aliphatic rings. The molecule has 130 valence electrons. The molecule has 0 aromatic heterocycles. The number of hydrogen-bond donors (Lipinski definition) is 1. The van der Waals surface area contributed by atoms with Crippen molar-refractivity contribution in [3.05, 3.63) is 82.4 Å². The van der Waals surface area contributed by atoms with Crippen LogP contribution in [-0.4, -0.2) is 41.0 Å². The molecule has 3 rings (SSSR count). The van der Waals surface area contributed by atoms with Gasteiger partial charge in [-0.05, 0) is 5.56 Å². The largest absolute Gasteiger partial charge is 0.319 e. The zero-order valence-corrected chi connectivity index (χ0v) is 14.1. The number of rotatable bonds is 6. The fourth-order valence-electron chi connectivity index (χ4n) is 2.92. The normalized spacial score (nSPS) is 15.7. The van der Waals surface area contributed by atoms with Crippen LogP contribution in [0.1, 0.15) is 11.1 Å². The second kappa shape index (κ2) is 7.92. The lowest BCUT2D eigenvalue weighted by atomic mass is 10.1. The van der Waals surface area contributed by atoms with Gasteiger partial charge in [-0.3, -0.25) is 15.0 Å². The number of benzene rings is 2. The van der Waals surface area contributed by atoms with Crippen molar-refractivity contribution in [2.24, 2.45) is 0 Å². The highest BCUT2D eigenvalue weighted by Crippen LogP contribution is 2.18. The molecule has 0 radical (unpaired) electrons. The summed E-state index contributed by atoms with van der Waals surface area (Å²) in [6, 6.07) is 17.0. The van der Waals surface area contributed by atoms with E-state index in [0.29, 0.717) is 5.70 Å². The van der Waals surface area contributed by atoms with Crippen LogP contribution in [0.3, 0.4) is 0 Å². The standard InChI is InChI=1S/C19H22N4O2/c1-16(18-8-5-9-19(14-18)23(24)25)20-22-12-10-21(11-13-22)15-17-6-3-2-4-7-17/h2-9,14,20H,1,10-13,15H2. The van der Waals surface area contributed by atoms with E-state index in [2.05, 4.69) is 46.2 Å². The van der Waals surface area contributed by atoms with Crippen LogP contribution in [0.5, 0.6) is 0 Å². The molecule has 2 aromatic carbocycles. The summed E-state index contributed by atoms with van der Waals surface area (Å²) in [5.41, 5.74) is 6.09. The van der Waals surface area contributed by atoms with Crippen LogP contribution in [0.25, 0.3) is 5.70 Å². The lowest BCUT2D eigenvalue weighted by molar-refractivity contribution is -0.384. The van der Waals surface area contributed by atoms with Crippen LogP contribution in [0.4, 0.5) is 5.69 Å². The summed E-state index contributed by atoms with van der Waals surface area (Å²) in [7, 11) is 0. The minimum absolute atomic E-state index is 0.0770. The second-order valence-corrected chi connectivity index (χ2v) is 6.15. The first-order valence-corrected chi connectivity index (χ1v) is 8.33. The summed E-state index contributed by atoms with van der Waals surface area (Å²) in [6.07, 6.45) is 0. The molecule has 0 saturated carbocycles. The van der Waals surface area contributed by atoms with Crippen molar-refractivity contribution in [1.29, 1.82) is 0 Å². The molecule has 1 aliphatic heterocycles. The van der Waals surface area contributed by atoms with E-state index in [1.54, 1.807) is 12.1 Å². The Morgan fingerprint density at radius 3 is 2.48 bits per heavy atom. The van der Waals surface area contributed by atoms with Crippen LogP contribution in [0.2, 0.25) is 0 Å². The maximum absolute atomic E-state index is 10.9. The lowest BCUT2D eigenvalue weighted by Gasteiger charge is -2.35. The molecule has 1 heterocycles. The van der Waals surface area contributed by atoms with Gasteiger partial charge in [-0.2, -0.15) is 0 Å². The molecule has 6 nitrogen and oxygen atoms in total. The van der Waals surface area contributed by atoms with E-state index in [1.807, 2.05) is 12.1 Å². The first kappa shape index (κ1) is 17.1. The predicted octanol–water partition coefficient (Wildman–Crippen LogP) is 2.89. The molecule has 1 N–H and O–H groups in total. The van der Waals surface area contributed by atoms with Crippen molar-refractivity contribution in [1.82, 2.24) is 15.3 Å². The first-order chi connectivity index (χ1) is 12.1. The number of hydrazine groups is 1. The smallest absolute Gasteiger partial charge is 0.270 e. The third-order valence-electron chi connectivity index (χ3n) is 4.32. The van der Waals surface area contributed by atoms with Gasteiger partial charge in [-0.1, -0.05) is 49.0 Å². The average Bonchev–Trinajstić information content (AvgIpc) is 2.64. The Bertz CT molecular complexity index is 740. The van der Waals surface area contributed by atoms with Gasteiger partial charge in [-0.25, -0.2) is 5.01 Å². The van der Waals surface area contributed by atoms with Gasteiger partial charge in [0, 0.05) is 56.1 Å². The highest BCUT2D eigenvalue weighted by Gasteiger charge is 2.18. The number of nitrogens with one attached hydrogen (secondary N) is 1. The number of hydrogen-bond acceptors (Lipinski definition) is 5. The number of nitrogens with zero attached hydrogens (tertiary/aromatic N) is 3. The molecule has 1 fully saturated rings. The Labute approximate surface area is 147 Å². The van der Waals surface area contributed by atoms with Gasteiger partial charge < -0.3 is 5.43 Å². The van der Waals surface area contributed by atoms with E-state index in [0.717, 1.165) is 38.3 Å². The maximum atomic E-state index is 10.9. The van der Waals surface area contributed by atoms with E-state index < -0.39 is 0 Å². The van der Waals surface area contributed by atoms with Crippen molar-refractivity contribution >= 4 is 11.4 Å². The Balaban J connectivity index is 1.51. The van der Waals surface area contributed by atoms with E-state index in [9.17, 15) is 10.1 Å². The lowest BCUT2D eigenvalue weighted by Crippen LogP contribution is -2.50. The third kappa shape index (κ3) is 4.65. The quantitative estimate of drug-likeness (QED) is 0.648. The fourth-order valence-corrected chi connectivity index (χ4v) is 2.92. The molecular formula is C19H22N4O2. The van der Waals surface area contributed by atoms with E-state index in [4.69, 9.17) is 0 Å². The van der Waals surface area contributed by atoms with Crippen molar-refractivity contribution < 1.29 is 4.92 Å². The Morgan fingerprint density at radius 2 is 1.80 bits per heavy atom. The fraction of sp³-hybridized carbons (Fsp3) is 0.263. The molecule has 1 saturated heterocycles. The molecule has 6 heteroatoms. The summed E-state index contributed by atoms with van der Waals surface area (Å²) in [5, 5.41) is 13.0. The van der Waals surface area contributed by atoms with Gasteiger partial charge in [0.05, 0.1) is 4.92 Å². The predicted molar refractivity (Wildman–Crippen MR) is 98.6 cm³/mol. The minimum atomic E-state index is -0.390. The monoisotopic (exact) mass is 338 g/mol. The van der Waals surface area contributed by atoms with Gasteiger partial charge in [0.2, 0.25) is 0 Å². The van der Waals surface area contributed by atoms with Gasteiger partial charge in [-0.15, -0.1) is 0 Å². The zero-order valence-electron chi connectivity index (χ0n) is 14.1. The van der Waals surface area contributed by atoms with Crippen molar-refractivity contribution in [2.75, 3.05) is 26.2 Å². The van der Waals surface area contributed by atoms with Gasteiger partial charge in [0.25, 0.3) is 5.69 Å². The molecule has 2 aromatic rings. The van der Waals surface area contributed by atoms with E-state index in [-0.39, 0.29) is 10.6 Å². The summed E-state index contributed by atoms with van der Waals surface area (Å²) in [5.74, 6) is 0. The van der Waals surface area contributed by atoms with E-state index in [1.165, 1.54) is 11.6 Å². The number of piperazine rings is 1. The summed E-state index contributed by atoms with van der Waals surface area (Å²) in [6.45, 7) is 8.65. The Hall–Kier alpha value is -2.70. The van der Waals surface area contributed by atoms with Crippen LogP contribution < -0.4 is 5.43 Å². The molecule has 0 amide bonds. The summed E-state index contributed by atoms with van der Waals surface area (Å²) in [4.78, 5) is 12.9. The number of non-ortho nitro benzene ring substituents is 1. The second-order valence-electron chi connectivity index (χ2n) is 6.15. The van der Waals surface area contributed by atoms with Gasteiger partial charge in [0.1, 0.15) is 0 Å². The Morgan fingerprint density at radius 1 is 1.08 bits per heavy atom. The van der Waals surface area contributed by atoms with Crippen LogP contribution in [-0.2, 0) is 6.54 Å². The molecular weight excluding hydrogens is 316 g/mol. The van der Waals surface area contributed by atoms with Crippen molar-refractivity contribution in [2.45, 2.75) is 6.54 Å². The van der Waals surface area contributed by atoms with Crippen molar-refractivity contribution in [3.8, 4) is 0 Å². The molecule has 25 heavy (non-hydrogen) atoms. The van der Waals surface area contributed by atoms with Crippen LogP contribution >= 0.6 is 0 Å². The van der Waals surface area contributed by atoms with Crippen LogP contribution in [0.15, 0.2) is 61.2 Å². The van der Waals surface area contributed by atoms with E-state index >= 15 is 0 Å². The SMILES string of the molecule is C=C(NN1CCN(Cc2ccccc2)CC1)c1cccc([N+](=O)[O-])c1. The van der Waals surface area contributed by atoms with Crippen LogP contribution in [0, 0.1) is 10.1 Å². The zero-order chi connectivity index (χ0) is 17.6. The van der Waals surface area contributed by atoms with Gasteiger partial charge in [0.15, 0.2) is 0 Å². The van der Waals surface area contributed by atoms with Crippen molar-refractivity contribution in [3.63, 3.8) is 0 Å². The number of nitro benzene ring substituents is 1.